The maximum atomic E-state index is 13.0. The number of rotatable bonds is 3. The van der Waals surface area contributed by atoms with Gasteiger partial charge < -0.3 is 20.3 Å². The van der Waals surface area contributed by atoms with Gasteiger partial charge in [0.15, 0.2) is 5.82 Å². The molecule has 1 aliphatic rings. The molecule has 24 heavy (non-hydrogen) atoms. The monoisotopic (exact) mass is 331 g/mol. The summed E-state index contributed by atoms with van der Waals surface area (Å²) < 4.78 is 18.6. The van der Waals surface area contributed by atoms with Crippen molar-refractivity contribution in [1.82, 2.24) is 14.9 Å². The molecule has 1 aromatic carbocycles. The maximum Gasteiger partial charge on any atom is 0.248 e. The predicted molar refractivity (Wildman–Crippen MR) is 87.4 cm³/mol. The lowest BCUT2D eigenvalue weighted by atomic mass is 10.3. The molecule has 0 bridgehead atoms. The van der Waals surface area contributed by atoms with Crippen molar-refractivity contribution in [3.05, 3.63) is 36.4 Å². The standard InChI is InChI=1S/C16H18FN5O2/c1-11(23)21-6-8-22(9-7-21)15-14(18)16(20-10-19-15)24-13-4-2-12(17)3-5-13/h2-5,10H,6-9,18H2,1H3. The van der Waals surface area contributed by atoms with E-state index in [-0.39, 0.29) is 17.6 Å². The van der Waals surface area contributed by atoms with Crippen LogP contribution in [-0.4, -0.2) is 47.0 Å². The van der Waals surface area contributed by atoms with Crippen LogP contribution in [0, 0.1) is 5.82 Å². The van der Waals surface area contributed by atoms with Crippen LogP contribution < -0.4 is 15.4 Å². The number of hydrogen-bond donors (Lipinski definition) is 1. The Morgan fingerprint density at radius 2 is 1.83 bits per heavy atom. The molecule has 0 radical (unpaired) electrons. The van der Waals surface area contributed by atoms with Crippen LogP contribution in [0.3, 0.4) is 0 Å². The normalized spacial score (nSPS) is 14.6. The highest BCUT2D eigenvalue weighted by atomic mass is 19.1. The fourth-order valence-electron chi connectivity index (χ4n) is 2.55. The number of anilines is 2. The number of halogens is 1. The van der Waals surface area contributed by atoms with E-state index in [9.17, 15) is 9.18 Å². The molecule has 1 fully saturated rings. The smallest absolute Gasteiger partial charge is 0.248 e. The summed E-state index contributed by atoms with van der Waals surface area (Å²) in [5.74, 6) is 0.952. The summed E-state index contributed by atoms with van der Waals surface area (Å²) in [6.45, 7) is 4.07. The van der Waals surface area contributed by atoms with E-state index >= 15 is 0 Å². The predicted octanol–water partition coefficient (Wildman–Crippen LogP) is 1.66. The number of hydrogen-bond acceptors (Lipinski definition) is 6. The van der Waals surface area contributed by atoms with Crippen LogP contribution in [0.25, 0.3) is 0 Å². The highest BCUT2D eigenvalue weighted by molar-refractivity contribution is 5.74. The number of carbonyl (C=O) groups is 1. The molecule has 3 rings (SSSR count). The summed E-state index contributed by atoms with van der Waals surface area (Å²) in [5, 5.41) is 0. The van der Waals surface area contributed by atoms with E-state index in [0.29, 0.717) is 43.4 Å². The molecule has 0 aliphatic carbocycles. The number of carbonyl (C=O) groups excluding carboxylic acids is 1. The summed E-state index contributed by atoms with van der Waals surface area (Å²) >= 11 is 0. The Balaban J connectivity index is 1.76. The molecule has 2 N–H and O–H groups in total. The SMILES string of the molecule is CC(=O)N1CCN(c2ncnc(Oc3ccc(F)cc3)c2N)CC1. The van der Waals surface area contributed by atoms with Gasteiger partial charge in [-0.15, -0.1) is 0 Å². The van der Waals surface area contributed by atoms with Crippen molar-refractivity contribution in [1.29, 1.82) is 0 Å². The van der Waals surface area contributed by atoms with E-state index in [2.05, 4.69) is 9.97 Å². The Morgan fingerprint density at radius 3 is 2.46 bits per heavy atom. The lowest BCUT2D eigenvalue weighted by Crippen LogP contribution is -2.48. The lowest BCUT2D eigenvalue weighted by molar-refractivity contribution is -0.129. The van der Waals surface area contributed by atoms with Gasteiger partial charge in [-0.2, -0.15) is 4.98 Å². The zero-order chi connectivity index (χ0) is 17.1. The maximum absolute atomic E-state index is 13.0. The third-order valence-corrected chi connectivity index (χ3v) is 3.88. The van der Waals surface area contributed by atoms with Crippen molar-refractivity contribution in [3.63, 3.8) is 0 Å². The third kappa shape index (κ3) is 3.37. The number of amides is 1. The largest absolute Gasteiger partial charge is 0.437 e. The highest BCUT2D eigenvalue weighted by Crippen LogP contribution is 2.31. The number of ether oxygens (including phenoxy) is 1. The lowest BCUT2D eigenvalue weighted by Gasteiger charge is -2.35. The quantitative estimate of drug-likeness (QED) is 0.921. The first-order valence-corrected chi connectivity index (χ1v) is 7.59. The second-order valence-corrected chi connectivity index (χ2v) is 5.47. The van der Waals surface area contributed by atoms with Gasteiger partial charge in [-0.3, -0.25) is 4.79 Å². The van der Waals surface area contributed by atoms with E-state index in [1.165, 1.54) is 30.6 Å². The fraction of sp³-hybridized carbons (Fsp3) is 0.312. The summed E-state index contributed by atoms with van der Waals surface area (Å²) in [4.78, 5) is 23.5. The average molecular weight is 331 g/mol. The highest BCUT2D eigenvalue weighted by Gasteiger charge is 2.22. The number of piperazine rings is 1. The van der Waals surface area contributed by atoms with Crippen molar-refractivity contribution in [3.8, 4) is 11.6 Å². The molecule has 1 amide bonds. The van der Waals surface area contributed by atoms with Gasteiger partial charge in [0, 0.05) is 33.1 Å². The van der Waals surface area contributed by atoms with Crippen LogP contribution in [0.5, 0.6) is 11.6 Å². The molecular weight excluding hydrogens is 313 g/mol. The molecule has 0 atom stereocenters. The molecule has 0 unspecified atom stereocenters. The van der Waals surface area contributed by atoms with Gasteiger partial charge in [-0.1, -0.05) is 0 Å². The van der Waals surface area contributed by atoms with Crippen LogP contribution in [-0.2, 0) is 4.79 Å². The second-order valence-electron chi connectivity index (χ2n) is 5.47. The van der Waals surface area contributed by atoms with Crippen LogP contribution in [0.2, 0.25) is 0 Å². The summed E-state index contributed by atoms with van der Waals surface area (Å²) in [6.07, 6.45) is 1.38. The summed E-state index contributed by atoms with van der Waals surface area (Å²) in [6, 6.07) is 5.60. The molecule has 1 aliphatic heterocycles. The Morgan fingerprint density at radius 1 is 1.17 bits per heavy atom. The van der Waals surface area contributed by atoms with Crippen molar-refractivity contribution in [2.24, 2.45) is 0 Å². The average Bonchev–Trinajstić information content (AvgIpc) is 2.59. The number of nitrogen functional groups attached to an aromatic ring is 1. The molecule has 8 heteroatoms. The minimum atomic E-state index is -0.345. The Kier molecular flexibility index (Phi) is 4.45. The molecule has 126 valence electrons. The minimum Gasteiger partial charge on any atom is -0.437 e. The first kappa shape index (κ1) is 16.0. The number of aromatic nitrogens is 2. The van der Waals surface area contributed by atoms with E-state index in [1.807, 2.05) is 4.90 Å². The van der Waals surface area contributed by atoms with Gasteiger partial charge in [0.25, 0.3) is 0 Å². The van der Waals surface area contributed by atoms with Gasteiger partial charge in [0.2, 0.25) is 11.8 Å². The van der Waals surface area contributed by atoms with Crippen LogP contribution in [0.1, 0.15) is 6.92 Å². The fourth-order valence-corrected chi connectivity index (χ4v) is 2.55. The molecule has 1 aromatic heterocycles. The molecule has 0 saturated carbocycles. The molecular formula is C16H18FN5O2. The van der Waals surface area contributed by atoms with E-state index in [1.54, 1.807) is 11.8 Å². The number of nitrogens with two attached hydrogens (primary N) is 1. The van der Waals surface area contributed by atoms with Gasteiger partial charge in [-0.25, -0.2) is 9.37 Å². The number of nitrogens with zero attached hydrogens (tertiary/aromatic N) is 4. The first-order valence-electron chi connectivity index (χ1n) is 7.59. The van der Waals surface area contributed by atoms with Crippen LogP contribution in [0.15, 0.2) is 30.6 Å². The van der Waals surface area contributed by atoms with Crippen molar-refractivity contribution in [2.45, 2.75) is 6.92 Å². The van der Waals surface area contributed by atoms with Crippen molar-refractivity contribution < 1.29 is 13.9 Å². The van der Waals surface area contributed by atoms with Gasteiger partial charge in [0.1, 0.15) is 23.6 Å². The first-order chi connectivity index (χ1) is 11.5. The molecule has 1 saturated heterocycles. The van der Waals surface area contributed by atoms with Gasteiger partial charge >= 0.3 is 0 Å². The molecule has 7 nitrogen and oxygen atoms in total. The Bertz CT molecular complexity index is 730. The van der Waals surface area contributed by atoms with Gasteiger partial charge in [-0.05, 0) is 24.3 Å². The zero-order valence-corrected chi connectivity index (χ0v) is 13.3. The zero-order valence-electron chi connectivity index (χ0n) is 13.3. The van der Waals surface area contributed by atoms with Crippen molar-refractivity contribution in [2.75, 3.05) is 36.8 Å². The van der Waals surface area contributed by atoms with Gasteiger partial charge in [0.05, 0.1) is 0 Å². The molecule has 2 aromatic rings. The number of benzene rings is 1. The molecule has 2 heterocycles. The third-order valence-electron chi connectivity index (χ3n) is 3.88. The van der Waals surface area contributed by atoms with E-state index < -0.39 is 0 Å². The Labute approximate surface area is 138 Å². The van der Waals surface area contributed by atoms with Crippen LogP contribution >= 0.6 is 0 Å². The topological polar surface area (TPSA) is 84.6 Å². The minimum absolute atomic E-state index is 0.0608. The van der Waals surface area contributed by atoms with Crippen LogP contribution in [0.4, 0.5) is 15.9 Å². The summed E-state index contributed by atoms with van der Waals surface area (Å²) in [5.41, 5.74) is 6.46. The van der Waals surface area contributed by atoms with Crippen molar-refractivity contribution >= 4 is 17.4 Å². The summed E-state index contributed by atoms with van der Waals surface area (Å²) in [7, 11) is 0. The van der Waals surface area contributed by atoms with E-state index in [0.717, 1.165) is 0 Å². The Hall–Kier alpha value is -2.90. The second kappa shape index (κ2) is 6.69. The van der Waals surface area contributed by atoms with E-state index in [4.69, 9.17) is 10.5 Å². The molecule has 0 spiro atoms.